The van der Waals surface area contributed by atoms with Gasteiger partial charge in [-0.25, -0.2) is 9.67 Å². The number of carbonyl (C=O) groups is 1. The van der Waals surface area contributed by atoms with E-state index in [2.05, 4.69) is 15.4 Å². The molecule has 7 heteroatoms. The predicted molar refractivity (Wildman–Crippen MR) is 102 cm³/mol. The van der Waals surface area contributed by atoms with E-state index in [1.807, 2.05) is 54.6 Å². The highest BCUT2D eigenvalue weighted by atomic mass is 35.5. The highest BCUT2D eigenvalue weighted by Gasteiger charge is 2.07. The third kappa shape index (κ3) is 5.62. The second-order valence-corrected chi connectivity index (χ2v) is 6.84. The minimum absolute atomic E-state index is 0.121. The summed E-state index contributed by atoms with van der Waals surface area (Å²) in [5, 5.41) is 7.69. The molecule has 3 rings (SSSR count). The van der Waals surface area contributed by atoms with Crippen LogP contribution in [0.4, 0.5) is 5.95 Å². The van der Waals surface area contributed by atoms with Crippen LogP contribution in [0.1, 0.15) is 11.1 Å². The summed E-state index contributed by atoms with van der Waals surface area (Å²) in [5.41, 5.74) is 2.22. The number of nitrogens with zero attached hydrogens (tertiary/aromatic N) is 3. The summed E-state index contributed by atoms with van der Waals surface area (Å²) >= 11 is 7.47. The van der Waals surface area contributed by atoms with E-state index < -0.39 is 0 Å². The quantitative estimate of drug-likeness (QED) is 0.684. The molecule has 25 heavy (non-hydrogen) atoms. The molecule has 0 aliphatic heterocycles. The molecule has 1 N–H and O–H groups in total. The van der Waals surface area contributed by atoms with E-state index in [9.17, 15) is 4.79 Å². The predicted octanol–water partition coefficient (Wildman–Crippen LogP) is 3.85. The summed E-state index contributed by atoms with van der Waals surface area (Å²) in [5.74, 6) is 1.26. The number of halogens is 1. The molecule has 0 aliphatic carbocycles. The monoisotopic (exact) mass is 372 g/mol. The Morgan fingerprint density at radius 1 is 1.12 bits per heavy atom. The molecule has 3 aromatic rings. The Balaban J connectivity index is 1.45. The van der Waals surface area contributed by atoms with Crippen molar-refractivity contribution in [2.45, 2.75) is 12.3 Å². The van der Waals surface area contributed by atoms with Crippen molar-refractivity contribution in [3.8, 4) is 0 Å². The molecule has 0 radical (unpaired) electrons. The van der Waals surface area contributed by atoms with Crippen molar-refractivity contribution in [3.63, 3.8) is 0 Å². The zero-order valence-electron chi connectivity index (χ0n) is 13.4. The number of rotatable bonds is 7. The van der Waals surface area contributed by atoms with E-state index in [1.165, 1.54) is 11.8 Å². The van der Waals surface area contributed by atoms with E-state index >= 15 is 0 Å². The second-order valence-electron chi connectivity index (χ2n) is 5.42. The molecule has 0 spiro atoms. The number of anilines is 1. The molecule has 0 saturated heterocycles. The number of hydrogen-bond acceptors (Lipinski definition) is 4. The number of benzene rings is 2. The lowest BCUT2D eigenvalue weighted by atomic mass is 10.2. The first-order chi connectivity index (χ1) is 12.2. The fraction of sp³-hybridized carbons (Fsp3) is 0.167. The van der Waals surface area contributed by atoms with Crippen molar-refractivity contribution in [3.05, 3.63) is 77.1 Å². The minimum Gasteiger partial charge on any atom is -0.293 e. The van der Waals surface area contributed by atoms with Gasteiger partial charge in [-0.15, -0.1) is 16.9 Å². The number of carbonyl (C=O) groups excluding carboxylic acids is 1. The van der Waals surface area contributed by atoms with Crippen molar-refractivity contribution < 1.29 is 4.79 Å². The highest BCUT2D eigenvalue weighted by Crippen LogP contribution is 2.16. The van der Waals surface area contributed by atoms with Crippen LogP contribution >= 0.6 is 23.4 Å². The van der Waals surface area contributed by atoms with E-state index in [0.29, 0.717) is 23.3 Å². The molecule has 1 aromatic heterocycles. The summed E-state index contributed by atoms with van der Waals surface area (Å²) in [6, 6.07) is 17.6. The normalized spacial score (nSPS) is 10.6. The van der Waals surface area contributed by atoms with Crippen LogP contribution in [0.3, 0.4) is 0 Å². The van der Waals surface area contributed by atoms with Crippen molar-refractivity contribution in [2.75, 3.05) is 11.1 Å². The molecular formula is C18H17ClN4OS. The first-order valence-corrected chi connectivity index (χ1v) is 9.28. The molecule has 5 nitrogen and oxygen atoms in total. The van der Waals surface area contributed by atoms with Gasteiger partial charge in [-0.05, 0) is 23.3 Å². The lowest BCUT2D eigenvalue weighted by Crippen LogP contribution is -2.15. The molecule has 2 aromatic carbocycles. The third-order valence-electron chi connectivity index (χ3n) is 3.37. The van der Waals surface area contributed by atoms with Gasteiger partial charge in [0, 0.05) is 10.8 Å². The summed E-state index contributed by atoms with van der Waals surface area (Å²) in [7, 11) is 0. The Morgan fingerprint density at radius 3 is 2.72 bits per heavy atom. The first kappa shape index (κ1) is 17.5. The smallest absolute Gasteiger partial charge is 0.248 e. The summed E-state index contributed by atoms with van der Waals surface area (Å²) < 4.78 is 1.70. The number of nitrogens with one attached hydrogen (secondary N) is 1. The van der Waals surface area contributed by atoms with Crippen LogP contribution in [0.5, 0.6) is 0 Å². The second kappa shape index (κ2) is 8.69. The lowest BCUT2D eigenvalue weighted by Gasteiger charge is -2.03. The van der Waals surface area contributed by atoms with Crippen LogP contribution in [-0.4, -0.2) is 26.4 Å². The van der Waals surface area contributed by atoms with Gasteiger partial charge < -0.3 is 0 Å². The first-order valence-electron chi connectivity index (χ1n) is 7.74. The van der Waals surface area contributed by atoms with Gasteiger partial charge >= 0.3 is 0 Å². The number of amides is 1. The Bertz CT molecular complexity index is 838. The molecule has 0 unspecified atom stereocenters. The van der Waals surface area contributed by atoms with Gasteiger partial charge in [0.2, 0.25) is 11.9 Å². The fourth-order valence-electron chi connectivity index (χ4n) is 2.25. The van der Waals surface area contributed by atoms with E-state index in [1.54, 1.807) is 11.0 Å². The van der Waals surface area contributed by atoms with Gasteiger partial charge in [-0.1, -0.05) is 54.1 Å². The Morgan fingerprint density at radius 2 is 1.92 bits per heavy atom. The van der Waals surface area contributed by atoms with Gasteiger partial charge in [-0.3, -0.25) is 10.1 Å². The molecule has 0 fully saturated rings. The maximum atomic E-state index is 12.0. The van der Waals surface area contributed by atoms with Gasteiger partial charge in [0.1, 0.15) is 6.33 Å². The minimum atomic E-state index is -0.121. The zero-order chi connectivity index (χ0) is 17.5. The van der Waals surface area contributed by atoms with Crippen LogP contribution in [0.2, 0.25) is 5.02 Å². The average Bonchev–Trinajstić information content (AvgIpc) is 3.02. The van der Waals surface area contributed by atoms with Gasteiger partial charge in [-0.2, -0.15) is 0 Å². The largest absolute Gasteiger partial charge is 0.293 e. The van der Waals surface area contributed by atoms with E-state index in [4.69, 9.17) is 11.6 Å². The third-order valence-corrected chi connectivity index (χ3v) is 4.60. The van der Waals surface area contributed by atoms with E-state index in [0.717, 1.165) is 16.9 Å². The molecular weight excluding hydrogens is 356 g/mol. The average molecular weight is 373 g/mol. The molecule has 0 bridgehead atoms. The topological polar surface area (TPSA) is 59.8 Å². The standard InChI is InChI=1S/C18H17ClN4OS/c19-16-8-4-7-15(9-16)11-25-12-17(24)21-18-20-13-23(22-18)10-14-5-2-1-3-6-14/h1-9,13H,10-12H2,(H,21,22,24). The van der Waals surface area contributed by atoms with Crippen LogP contribution < -0.4 is 5.32 Å². The Hall–Kier alpha value is -2.31. The van der Waals surface area contributed by atoms with Crippen LogP contribution in [0, 0.1) is 0 Å². The number of aromatic nitrogens is 3. The molecule has 1 heterocycles. The van der Waals surface area contributed by atoms with Crippen LogP contribution in [0.15, 0.2) is 60.9 Å². The van der Waals surface area contributed by atoms with Crippen molar-refractivity contribution in [2.24, 2.45) is 0 Å². The Kier molecular flexibility index (Phi) is 6.09. The van der Waals surface area contributed by atoms with Gasteiger partial charge in [0.25, 0.3) is 0 Å². The van der Waals surface area contributed by atoms with Gasteiger partial charge in [0.15, 0.2) is 0 Å². The molecule has 0 saturated carbocycles. The lowest BCUT2D eigenvalue weighted by molar-refractivity contribution is -0.113. The maximum absolute atomic E-state index is 12.0. The summed E-state index contributed by atoms with van der Waals surface area (Å²) in [6.07, 6.45) is 1.61. The van der Waals surface area contributed by atoms with Crippen molar-refractivity contribution >= 4 is 35.2 Å². The SMILES string of the molecule is O=C(CSCc1cccc(Cl)c1)Nc1ncn(Cc2ccccc2)n1. The molecule has 0 aliphatic rings. The number of hydrogen-bond donors (Lipinski definition) is 1. The van der Waals surface area contributed by atoms with Crippen LogP contribution in [0.25, 0.3) is 0 Å². The maximum Gasteiger partial charge on any atom is 0.248 e. The number of thioether (sulfide) groups is 1. The molecule has 0 atom stereocenters. The molecule has 1 amide bonds. The Labute approximate surface area is 155 Å². The molecule has 128 valence electrons. The van der Waals surface area contributed by atoms with Crippen molar-refractivity contribution in [1.82, 2.24) is 14.8 Å². The van der Waals surface area contributed by atoms with Gasteiger partial charge in [0.05, 0.1) is 12.3 Å². The summed E-state index contributed by atoms with van der Waals surface area (Å²) in [6.45, 7) is 0.618. The van der Waals surface area contributed by atoms with Crippen molar-refractivity contribution in [1.29, 1.82) is 0 Å². The van der Waals surface area contributed by atoms with Crippen LogP contribution in [-0.2, 0) is 17.1 Å². The van der Waals surface area contributed by atoms with E-state index in [-0.39, 0.29) is 5.91 Å². The summed E-state index contributed by atoms with van der Waals surface area (Å²) in [4.78, 5) is 16.1. The zero-order valence-corrected chi connectivity index (χ0v) is 15.0. The highest BCUT2D eigenvalue weighted by molar-refractivity contribution is 7.99. The fourth-order valence-corrected chi connectivity index (χ4v) is 3.24.